The van der Waals surface area contributed by atoms with Crippen LogP contribution in [0.1, 0.15) is 74.3 Å². The second-order valence-corrected chi connectivity index (χ2v) is 12.3. The van der Waals surface area contributed by atoms with Gasteiger partial charge in [-0.05, 0) is 60.1 Å². The molecular weight excluding hydrogens is 417 g/mol. The molecule has 4 rings (SSSR count). The summed E-state index contributed by atoms with van der Waals surface area (Å²) in [6.07, 6.45) is 2.23. The Kier molecular flexibility index (Phi) is 5.85. The summed E-state index contributed by atoms with van der Waals surface area (Å²) in [5.41, 5.74) is 3.02. The fourth-order valence-electron chi connectivity index (χ4n) is 3.47. The van der Waals surface area contributed by atoms with Gasteiger partial charge in [0.05, 0.1) is 0 Å². The van der Waals surface area contributed by atoms with Crippen LogP contribution in [0.2, 0.25) is 0 Å². The van der Waals surface area contributed by atoms with E-state index in [1.807, 2.05) is 45.3 Å². The maximum Gasteiger partial charge on any atom is 0.0478 e. The molecule has 0 amide bonds. The molecule has 0 nitrogen and oxygen atoms in total. The molecular formula is C24H28S4. The van der Waals surface area contributed by atoms with Crippen LogP contribution in [-0.2, 0) is 12.8 Å². The molecule has 4 heteroatoms. The molecule has 4 aromatic rings. The summed E-state index contributed by atoms with van der Waals surface area (Å²) in [4.78, 5) is 8.91. The van der Waals surface area contributed by atoms with Gasteiger partial charge in [0.25, 0.3) is 0 Å². The standard InChI is InChI=1S/C24H28S4/c1-7-15-9-17(13(3)4)27-23(15)21-11-19-20(25-21)12-22(26-19)24-16(8-2)10-18(28-24)14(5)6/h9-14H,7-8H2,1-6H3. The normalized spacial score (nSPS) is 12.1. The Morgan fingerprint density at radius 1 is 0.607 bits per heavy atom. The highest BCUT2D eigenvalue weighted by Gasteiger charge is 2.18. The van der Waals surface area contributed by atoms with Crippen LogP contribution in [0.25, 0.3) is 28.9 Å². The molecule has 0 radical (unpaired) electrons. The molecule has 0 spiro atoms. The van der Waals surface area contributed by atoms with E-state index >= 15 is 0 Å². The monoisotopic (exact) mass is 444 g/mol. The smallest absolute Gasteiger partial charge is 0.0478 e. The summed E-state index contributed by atoms with van der Waals surface area (Å²) in [7, 11) is 0. The van der Waals surface area contributed by atoms with Gasteiger partial charge < -0.3 is 0 Å². The van der Waals surface area contributed by atoms with Crippen molar-refractivity contribution in [1.82, 2.24) is 0 Å². The number of hydrogen-bond acceptors (Lipinski definition) is 4. The van der Waals surface area contributed by atoms with E-state index in [1.54, 1.807) is 0 Å². The zero-order valence-corrected chi connectivity index (χ0v) is 20.8. The minimum Gasteiger partial charge on any atom is -0.139 e. The molecule has 0 aliphatic carbocycles. The van der Waals surface area contributed by atoms with Crippen LogP contribution in [0, 0.1) is 0 Å². The maximum absolute atomic E-state index is 2.44. The molecule has 0 unspecified atom stereocenters. The molecule has 0 bridgehead atoms. The highest BCUT2D eigenvalue weighted by molar-refractivity contribution is 7.33. The van der Waals surface area contributed by atoms with Crippen molar-refractivity contribution in [2.75, 3.05) is 0 Å². The van der Waals surface area contributed by atoms with Gasteiger partial charge in [0.15, 0.2) is 0 Å². The topological polar surface area (TPSA) is 0 Å². The molecule has 148 valence electrons. The molecule has 0 aromatic carbocycles. The summed E-state index contributed by atoms with van der Waals surface area (Å²) in [6.45, 7) is 13.7. The van der Waals surface area contributed by atoms with E-state index in [0.29, 0.717) is 11.8 Å². The number of fused-ring (bicyclic) bond motifs is 1. The van der Waals surface area contributed by atoms with Crippen molar-refractivity contribution < 1.29 is 0 Å². The molecule has 0 saturated carbocycles. The van der Waals surface area contributed by atoms with Crippen molar-refractivity contribution >= 4 is 54.7 Å². The van der Waals surface area contributed by atoms with Crippen molar-refractivity contribution in [3.05, 3.63) is 45.1 Å². The molecule has 28 heavy (non-hydrogen) atoms. The predicted molar refractivity (Wildman–Crippen MR) is 133 cm³/mol. The second-order valence-electron chi connectivity index (χ2n) is 7.97. The number of thiophene rings is 4. The number of aryl methyl sites for hydroxylation is 2. The Balaban J connectivity index is 1.74. The van der Waals surface area contributed by atoms with Crippen LogP contribution in [0.5, 0.6) is 0 Å². The number of hydrogen-bond donors (Lipinski definition) is 0. The molecule has 0 aliphatic heterocycles. The van der Waals surface area contributed by atoms with Crippen molar-refractivity contribution in [1.29, 1.82) is 0 Å². The van der Waals surface area contributed by atoms with E-state index in [9.17, 15) is 0 Å². The predicted octanol–water partition coefficient (Wildman–Crippen LogP) is 9.79. The van der Waals surface area contributed by atoms with E-state index in [2.05, 4.69) is 65.8 Å². The van der Waals surface area contributed by atoms with Crippen molar-refractivity contribution in [2.45, 2.75) is 66.2 Å². The highest BCUT2D eigenvalue weighted by atomic mass is 32.1. The summed E-state index contributed by atoms with van der Waals surface area (Å²) in [5.74, 6) is 1.22. The average Bonchev–Trinajstić information content (AvgIpc) is 3.39. The van der Waals surface area contributed by atoms with E-state index < -0.39 is 0 Å². The first-order valence-electron chi connectivity index (χ1n) is 10.2. The van der Waals surface area contributed by atoms with Crippen molar-refractivity contribution in [3.8, 4) is 19.5 Å². The molecule has 4 heterocycles. The third-order valence-electron chi connectivity index (χ3n) is 5.21. The molecule has 0 saturated heterocycles. The second kappa shape index (κ2) is 8.06. The van der Waals surface area contributed by atoms with Gasteiger partial charge in [0, 0.05) is 38.7 Å². The first-order valence-corrected chi connectivity index (χ1v) is 13.5. The minimum absolute atomic E-state index is 0.609. The third kappa shape index (κ3) is 3.65. The first kappa shape index (κ1) is 20.3. The SMILES string of the molecule is CCc1cc(C(C)C)sc1-c1cc2sc(-c3sc(C(C)C)cc3CC)cc2s1. The molecule has 0 fully saturated rings. The lowest BCUT2D eigenvalue weighted by atomic mass is 10.1. The zero-order chi connectivity index (χ0) is 20.0. The third-order valence-corrected chi connectivity index (χ3v) is 10.8. The van der Waals surface area contributed by atoms with E-state index in [0.717, 1.165) is 12.8 Å². The van der Waals surface area contributed by atoms with E-state index in [-0.39, 0.29) is 0 Å². The largest absolute Gasteiger partial charge is 0.139 e. The quantitative estimate of drug-likeness (QED) is 0.277. The molecule has 0 aliphatic rings. The van der Waals surface area contributed by atoms with Crippen LogP contribution in [0.3, 0.4) is 0 Å². The van der Waals surface area contributed by atoms with Gasteiger partial charge in [-0.25, -0.2) is 0 Å². The summed E-state index contributed by atoms with van der Waals surface area (Å²) in [5, 5.41) is 0. The lowest BCUT2D eigenvalue weighted by molar-refractivity contribution is 0.887. The van der Waals surface area contributed by atoms with Crippen LogP contribution in [0.4, 0.5) is 0 Å². The first-order chi connectivity index (χ1) is 13.4. The Labute approximate surface area is 184 Å². The van der Waals surface area contributed by atoms with Gasteiger partial charge >= 0.3 is 0 Å². The Bertz CT molecular complexity index is 982. The zero-order valence-electron chi connectivity index (χ0n) is 17.5. The van der Waals surface area contributed by atoms with Gasteiger partial charge in [-0.2, -0.15) is 0 Å². The van der Waals surface area contributed by atoms with Crippen molar-refractivity contribution in [2.24, 2.45) is 0 Å². The Morgan fingerprint density at radius 3 is 1.32 bits per heavy atom. The summed E-state index contributed by atoms with van der Waals surface area (Å²) < 4.78 is 2.89. The summed E-state index contributed by atoms with van der Waals surface area (Å²) in [6, 6.07) is 9.73. The molecule has 0 atom stereocenters. The fourth-order valence-corrected chi connectivity index (χ4v) is 8.65. The highest BCUT2D eigenvalue weighted by Crippen LogP contribution is 2.47. The van der Waals surface area contributed by atoms with Gasteiger partial charge in [0.1, 0.15) is 0 Å². The maximum atomic E-state index is 2.44. The van der Waals surface area contributed by atoms with Crippen LogP contribution in [-0.4, -0.2) is 0 Å². The van der Waals surface area contributed by atoms with Gasteiger partial charge in [0.2, 0.25) is 0 Å². The van der Waals surface area contributed by atoms with Crippen LogP contribution in [0.15, 0.2) is 24.3 Å². The van der Waals surface area contributed by atoms with E-state index in [1.165, 1.54) is 49.8 Å². The average molecular weight is 445 g/mol. The summed E-state index contributed by atoms with van der Waals surface area (Å²) >= 11 is 7.93. The van der Waals surface area contributed by atoms with Crippen LogP contribution >= 0.6 is 45.3 Å². The van der Waals surface area contributed by atoms with Gasteiger partial charge in [-0.15, -0.1) is 45.3 Å². The number of rotatable bonds is 6. The molecule has 4 aromatic heterocycles. The van der Waals surface area contributed by atoms with Gasteiger partial charge in [-0.3, -0.25) is 0 Å². The lowest BCUT2D eigenvalue weighted by Gasteiger charge is -1.98. The van der Waals surface area contributed by atoms with Gasteiger partial charge in [-0.1, -0.05) is 41.5 Å². The van der Waals surface area contributed by atoms with Crippen molar-refractivity contribution in [3.63, 3.8) is 0 Å². The molecule has 0 N–H and O–H groups in total. The van der Waals surface area contributed by atoms with Crippen LogP contribution < -0.4 is 0 Å². The fraction of sp³-hybridized carbons (Fsp3) is 0.417. The minimum atomic E-state index is 0.609. The Hall–Kier alpha value is -0.940. The van der Waals surface area contributed by atoms with E-state index in [4.69, 9.17) is 0 Å². The Morgan fingerprint density at radius 2 is 1.00 bits per heavy atom. The lowest BCUT2D eigenvalue weighted by Crippen LogP contribution is -1.80.